The van der Waals surface area contributed by atoms with Gasteiger partial charge in [-0.05, 0) is 35.6 Å². The first-order valence-corrected chi connectivity index (χ1v) is 9.87. The molecule has 6 heteroatoms. The van der Waals surface area contributed by atoms with Gasteiger partial charge in [0.15, 0.2) is 0 Å². The Morgan fingerprint density at radius 2 is 1.69 bits per heavy atom. The molecule has 2 aromatic rings. The molecule has 1 heterocycles. The van der Waals surface area contributed by atoms with E-state index in [1.54, 1.807) is 31.0 Å². The van der Waals surface area contributed by atoms with Gasteiger partial charge in [0.25, 0.3) is 5.91 Å². The second-order valence-corrected chi connectivity index (χ2v) is 7.52. The van der Waals surface area contributed by atoms with Crippen molar-refractivity contribution < 1.29 is 14.4 Å². The van der Waals surface area contributed by atoms with Crippen molar-refractivity contribution in [3.05, 3.63) is 60.2 Å². The highest BCUT2D eigenvalue weighted by Gasteiger charge is 2.26. The Labute approximate surface area is 171 Å². The lowest BCUT2D eigenvalue weighted by Crippen LogP contribution is -2.40. The molecule has 0 aliphatic carbocycles. The van der Waals surface area contributed by atoms with Crippen molar-refractivity contribution in [2.75, 3.05) is 33.2 Å². The van der Waals surface area contributed by atoms with Gasteiger partial charge in [-0.1, -0.05) is 42.5 Å². The van der Waals surface area contributed by atoms with E-state index >= 15 is 0 Å². The van der Waals surface area contributed by atoms with Crippen LogP contribution in [-0.4, -0.2) is 60.7 Å². The van der Waals surface area contributed by atoms with E-state index in [0.29, 0.717) is 18.7 Å². The summed E-state index contributed by atoms with van der Waals surface area (Å²) in [5.41, 5.74) is 2.65. The van der Waals surface area contributed by atoms with E-state index < -0.39 is 0 Å². The molecule has 152 valence electrons. The third kappa shape index (κ3) is 5.44. The maximum absolute atomic E-state index is 12.4. The molecule has 1 N–H and O–H groups in total. The molecule has 0 aromatic heterocycles. The van der Waals surface area contributed by atoms with Crippen molar-refractivity contribution in [2.24, 2.45) is 5.92 Å². The molecule has 3 amide bonds. The summed E-state index contributed by atoms with van der Waals surface area (Å²) >= 11 is 0. The van der Waals surface area contributed by atoms with Crippen LogP contribution in [0.2, 0.25) is 0 Å². The van der Waals surface area contributed by atoms with Gasteiger partial charge in [0.1, 0.15) is 0 Å². The zero-order valence-corrected chi connectivity index (χ0v) is 16.9. The van der Waals surface area contributed by atoms with Gasteiger partial charge in [0, 0.05) is 39.2 Å². The van der Waals surface area contributed by atoms with Gasteiger partial charge in [-0.15, -0.1) is 0 Å². The molecule has 1 atom stereocenters. The SMILES string of the molecule is CC(=O)N1CC[C@@H](CN(C)C(=O)CNC(=O)c2ccc(-c3ccccc3)cc2)C1. The normalized spacial score (nSPS) is 15.8. The molecular weight excluding hydrogens is 366 g/mol. The molecule has 3 rings (SSSR count). The number of nitrogens with zero attached hydrogens (tertiary/aromatic N) is 2. The van der Waals surface area contributed by atoms with Crippen molar-refractivity contribution >= 4 is 17.7 Å². The highest BCUT2D eigenvalue weighted by Crippen LogP contribution is 2.19. The lowest BCUT2D eigenvalue weighted by atomic mass is 10.0. The first-order chi connectivity index (χ1) is 13.9. The number of amides is 3. The lowest BCUT2D eigenvalue weighted by molar-refractivity contribution is -0.129. The van der Waals surface area contributed by atoms with E-state index in [4.69, 9.17) is 0 Å². The molecule has 2 aromatic carbocycles. The Morgan fingerprint density at radius 1 is 1.03 bits per heavy atom. The summed E-state index contributed by atoms with van der Waals surface area (Å²) in [5.74, 6) is -0.0448. The number of likely N-dealkylation sites (N-methyl/N-ethyl adjacent to an activating group) is 1. The Kier molecular flexibility index (Phi) is 6.65. The molecule has 0 unspecified atom stereocenters. The van der Waals surface area contributed by atoms with Crippen LogP contribution in [0.5, 0.6) is 0 Å². The molecular formula is C23H27N3O3. The molecule has 6 nitrogen and oxygen atoms in total. The summed E-state index contributed by atoms with van der Waals surface area (Å²) in [4.78, 5) is 39.6. The molecule has 1 fully saturated rings. The molecule has 1 aliphatic heterocycles. The number of likely N-dealkylation sites (tertiary alicyclic amines) is 1. The minimum Gasteiger partial charge on any atom is -0.344 e. The first kappa shape index (κ1) is 20.6. The summed E-state index contributed by atoms with van der Waals surface area (Å²) in [6.45, 7) is 3.55. The molecule has 1 saturated heterocycles. The number of hydrogen-bond donors (Lipinski definition) is 1. The van der Waals surface area contributed by atoms with Gasteiger partial charge in [-0.2, -0.15) is 0 Å². The van der Waals surface area contributed by atoms with Crippen LogP contribution in [0.3, 0.4) is 0 Å². The van der Waals surface area contributed by atoms with E-state index in [1.165, 1.54) is 0 Å². The van der Waals surface area contributed by atoms with Crippen molar-refractivity contribution in [3.8, 4) is 11.1 Å². The molecule has 0 bridgehead atoms. The molecule has 0 radical (unpaired) electrons. The summed E-state index contributed by atoms with van der Waals surface area (Å²) in [6.07, 6.45) is 0.900. The summed E-state index contributed by atoms with van der Waals surface area (Å²) < 4.78 is 0. The first-order valence-electron chi connectivity index (χ1n) is 9.87. The van der Waals surface area contributed by atoms with Crippen LogP contribution < -0.4 is 5.32 Å². The van der Waals surface area contributed by atoms with Crippen LogP contribution in [-0.2, 0) is 9.59 Å². The highest BCUT2D eigenvalue weighted by molar-refractivity contribution is 5.96. The average Bonchev–Trinajstić information content (AvgIpc) is 3.21. The van der Waals surface area contributed by atoms with Crippen molar-refractivity contribution in [2.45, 2.75) is 13.3 Å². The largest absolute Gasteiger partial charge is 0.344 e. The highest BCUT2D eigenvalue weighted by atomic mass is 16.2. The standard InChI is InChI=1S/C23H27N3O3/c1-17(27)26-13-12-18(16-26)15-25(2)22(28)14-24-23(29)21-10-8-20(9-11-21)19-6-4-3-5-7-19/h3-11,18H,12-16H2,1-2H3,(H,24,29)/t18-/m0/s1. The van der Waals surface area contributed by atoms with E-state index in [9.17, 15) is 14.4 Å². The van der Waals surface area contributed by atoms with Crippen LogP contribution in [0, 0.1) is 5.92 Å². The zero-order valence-electron chi connectivity index (χ0n) is 16.9. The quantitative estimate of drug-likeness (QED) is 0.819. The predicted molar refractivity (Wildman–Crippen MR) is 112 cm³/mol. The second-order valence-electron chi connectivity index (χ2n) is 7.52. The molecule has 1 aliphatic rings. The van der Waals surface area contributed by atoms with Crippen LogP contribution in [0.1, 0.15) is 23.7 Å². The Balaban J connectivity index is 1.47. The number of carbonyl (C=O) groups is 3. The smallest absolute Gasteiger partial charge is 0.251 e. The minimum atomic E-state index is -0.269. The fourth-order valence-corrected chi connectivity index (χ4v) is 3.59. The third-order valence-electron chi connectivity index (χ3n) is 5.34. The van der Waals surface area contributed by atoms with Gasteiger partial charge in [0.05, 0.1) is 6.54 Å². The fourth-order valence-electron chi connectivity index (χ4n) is 3.59. The Morgan fingerprint density at radius 3 is 2.31 bits per heavy atom. The molecule has 0 saturated carbocycles. The van der Waals surface area contributed by atoms with Crippen LogP contribution in [0.4, 0.5) is 0 Å². The maximum Gasteiger partial charge on any atom is 0.251 e. The summed E-state index contributed by atoms with van der Waals surface area (Å²) in [5, 5.41) is 2.70. The predicted octanol–water partition coefficient (Wildman–Crippen LogP) is 2.41. The molecule has 0 spiro atoms. The monoisotopic (exact) mass is 393 g/mol. The van der Waals surface area contributed by atoms with Crippen molar-refractivity contribution in [3.63, 3.8) is 0 Å². The van der Waals surface area contributed by atoms with Crippen LogP contribution in [0.25, 0.3) is 11.1 Å². The third-order valence-corrected chi connectivity index (χ3v) is 5.34. The lowest BCUT2D eigenvalue weighted by Gasteiger charge is -2.21. The molecule has 29 heavy (non-hydrogen) atoms. The average molecular weight is 393 g/mol. The second kappa shape index (κ2) is 9.37. The number of carbonyl (C=O) groups excluding carboxylic acids is 3. The minimum absolute atomic E-state index is 0.0427. The Bertz CT molecular complexity index is 865. The van der Waals surface area contributed by atoms with Crippen molar-refractivity contribution in [1.82, 2.24) is 15.1 Å². The van der Waals surface area contributed by atoms with Crippen molar-refractivity contribution in [1.29, 1.82) is 0 Å². The number of hydrogen-bond acceptors (Lipinski definition) is 3. The fraction of sp³-hybridized carbons (Fsp3) is 0.348. The van der Waals surface area contributed by atoms with Gasteiger partial charge in [-0.25, -0.2) is 0 Å². The topological polar surface area (TPSA) is 69.7 Å². The van der Waals surface area contributed by atoms with E-state index in [2.05, 4.69) is 5.32 Å². The number of benzene rings is 2. The van der Waals surface area contributed by atoms with E-state index in [1.807, 2.05) is 47.4 Å². The van der Waals surface area contributed by atoms with Gasteiger partial charge in [-0.3, -0.25) is 14.4 Å². The maximum atomic E-state index is 12.4. The van der Waals surface area contributed by atoms with E-state index in [0.717, 1.165) is 24.1 Å². The number of rotatable bonds is 6. The van der Waals surface area contributed by atoms with E-state index in [-0.39, 0.29) is 30.2 Å². The summed E-state index contributed by atoms with van der Waals surface area (Å²) in [7, 11) is 1.74. The number of nitrogens with one attached hydrogen (secondary N) is 1. The van der Waals surface area contributed by atoms with Gasteiger partial charge >= 0.3 is 0 Å². The Hall–Kier alpha value is -3.15. The van der Waals surface area contributed by atoms with Crippen LogP contribution >= 0.6 is 0 Å². The van der Waals surface area contributed by atoms with Gasteiger partial charge < -0.3 is 15.1 Å². The summed E-state index contributed by atoms with van der Waals surface area (Å²) in [6, 6.07) is 17.3. The zero-order chi connectivity index (χ0) is 20.8. The van der Waals surface area contributed by atoms with Gasteiger partial charge in [0.2, 0.25) is 11.8 Å². The van der Waals surface area contributed by atoms with Crippen LogP contribution in [0.15, 0.2) is 54.6 Å².